The number of hydrogen-bond donors (Lipinski definition) is 0. The smallest absolute Gasteiger partial charge is 0.349 e. The Morgan fingerprint density at radius 3 is 2.62 bits per heavy atom. The Bertz CT molecular complexity index is 414. The van der Waals surface area contributed by atoms with Gasteiger partial charge in [0.1, 0.15) is 5.75 Å². The summed E-state index contributed by atoms with van der Waals surface area (Å²) in [6, 6.07) is 4.88. The Labute approximate surface area is 98.1 Å². The summed E-state index contributed by atoms with van der Waals surface area (Å²) >= 11 is 5.75. The predicted octanol–water partition coefficient (Wildman–Crippen LogP) is 2.12. The molecule has 5 heteroatoms. The number of carbonyl (C=O) groups excluding carboxylic acids is 2. The lowest BCUT2D eigenvalue weighted by atomic mass is 10.2. The fourth-order valence-corrected chi connectivity index (χ4v) is 1.27. The van der Waals surface area contributed by atoms with E-state index in [4.69, 9.17) is 16.3 Å². The molecule has 0 amide bonds. The molecule has 1 aromatic rings. The van der Waals surface area contributed by atoms with E-state index in [0.29, 0.717) is 10.8 Å². The van der Waals surface area contributed by atoms with E-state index in [1.807, 2.05) is 0 Å². The molecule has 0 aliphatic carbocycles. The van der Waals surface area contributed by atoms with Crippen molar-refractivity contribution >= 4 is 23.5 Å². The Balaban J connectivity index is 2.59. The number of hydrogen-bond acceptors (Lipinski definition) is 4. The normalized spacial score (nSPS) is 9.69. The molecule has 0 radical (unpaired) electrons. The molecule has 0 saturated carbocycles. The van der Waals surface area contributed by atoms with E-state index in [-0.39, 0.29) is 0 Å². The molecular weight excluding hydrogens is 232 g/mol. The summed E-state index contributed by atoms with van der Waals surface area (Å²) in [7, 11) is 0. The maximum Gasteiger partial charge on any atom is 0.349 e. The van der Waals surface area contributed by atoms with E-state index in [1.165, 1.54) is 6.92 Å². The molecule has 0 bridgehead atoms. The van der Waals surface area contributed by atoms with Gasteiger partial charge in [-0.05, 0) is 30.7 Å². The number of carbonyl (C=O) groups is 2. The van der Waals surface area contributed by atoms with Crippen LogP contribution in [-0.2, 0) is 14.3 Å². The highest BCUT2D eigenvalue weighted by Gasteiger charge is 2.08. The van der Waals surface area contributed by atoms with Gasteiger partial charge in [0.25, 0.3) is 0 Å². The Kier molecular flexibility index (Phi) is 4.31. The van der Waals surface area contributed by atoms with Gasteiger partial charge in [-0.1, -0.05) is 11.6 Å². The highest BCUT2D eigenvalue weighted by molar-refractivity contribution is 6.30. The van der Waals surface area contributed by atoms with Gasteiger partial charge in [0.05, 0.1) is 0 Å². The van der Waals surface area contributed by atoms with E-state index in [2.05, 4.69) is 4.74 Å². The van der Waals surface area contributed by atoms with Crippen molar-refractivity contribution in [3.8, 4) is 5.75 Å². The maximum atomic E-state index is 11.2. The number of ether oxygens (including phenoxy) is 2. The molecule has 0 N–H and O–H groups in total. The van der Waals surface area contributed by atoms with Gasteiger partial charge in [0.15, 0.2) is 6.61 Å². The lowest BCUT2D eigenvalue weighted by Gasteiger charge is -2.07. The topological polar surface area (TPSA) is 52.6 Å². The Morgan fingerprint density at radius 2 is 2.06 bits per heavy atom. The van der Waals surface area contributed by atoms with Crippen LogP contribution in [-0.4, -0.2) is 18.5 Å². The highest BCUT2D eigenvalue weighted by Crippen LogP contribution is 2.21. The third-order valence-electron chi connectivity index (χ3n) is 1.75. The summed E-state index contributed by atoms with van der Waals surface area (Å²) in [5.74, 6) is -0.744. The molecule has 0 atom stereocenters. The van der Waals surface area contributed by atoms with Crippen LogP contribution < -0.4 is 4.74 Å². The van der Waals surface area contributed by atoms with E-state index < -0.39 is 18.5 Å². The minimum absolute atomic E-state index is 0.391. The van der Waals surface area contributed by atoms with E-state index in [0.717, 1.165) is 5.56 Å². The summed E-state index contributed by atoms with van der Waals surface area (Å²) in [6.45, 7) is 2.60. The molecular formula is C11H11ClO4. The average molecular weight is 243 g/mol. The zero-order chi connectivity index (χ0) is 12.1. The van der Waals surface area contributed by atoms with Crippen LogP contribution in [0.15, 0.2) is 18.2 Å². The molecule has 1 aromatic carbocycles. The molecule has 0 heterocycles. The minimum atomic E-state index is -0.624. The van der Waals surface area contributed by atoms with E-state index >= 15 is 0 Å². The molecule has 0 spiro atoms. The molecule has 16 heavy (non-hydrogen) atoms. The van der Waals surface area contributed by atoms with Gasteiger partial charge in [-0.2, -0.15) is 0 Å². The third kappa shape index (κ3) is 3.90. The van der Waals surface area contributed by atoms with Crippen LogP contribution in [0.3, 0.4) is 0 Å². The summed E-state index contributed by atoms with van der Waals surface area (Å²) in [5, 5.41) is 0.567. The molecule has 0 fully saturated rings. The van der Waals surface area contributed by atoms with Gasteiger partial charge >= 0.3 is 11.9 Å². The Morgan fingerprint density at radius 1 is 1.38 bits per heavy atom. The van der Waals surface area contributed by atoms with Gasteiger partial charge in [0.2, 0.25) is 0 Å². The number of esters is 2. The van der Waals surface area contributed by atoms with Crippen LogP contribution in [0.1, 0.15) is 12.5 Å². The van der Waals surface area contributed by atoms with Gasteiger partial charge in [-0.3, -0.25) is 4.79 Å². The first kappa shape index (κ1) is 12.5. The van der Waals surface area contributed by atoms with Crippen LogP contribution in [0.4, 0.5) is 0 Å². The SMILES string of the molecule is CC(=O)OCC(=O)Oc1ccc(Cl)cc1C. The predicted molar refractivity (Wildman–Crippen MR) is 58.5 cm³/mol. The van der Waals surface area contributed by atoms with Gasteiger partial charge in [-0.15, -0.1) is 0 Å². The minimum Gasteiger partial charge on any atom is -0.454 e. The second kappa shape index (κ2) is 5.51. The summed E-state index contributed by atoms with van der Waals surface area (Å²) < 4.78 is 9.48. The second-order valence-corrected chi connectivity index (χ2v) is 3.60. The summed E-state index contributed by atoms with van der Waals surface area (Å²) in [5.41, 5.74) is 0.740. The highest BCUT2D eigenvalue weighted by atomic mass is 35.5. The number of halogens is 1. The molecule has 86 valence electrons. The van der Waals surface area contributed by atoms with Crippen molar-refractivity contribution in [1.29, 1.82) is 0 Å². The van der Waals surface area contributed by atoms with Crippen LogP contribution in [0, 0.1) is 6.92 Å². The molecule has 1 rings (SSSR count). The summed E-state index contributed by atoms with van der Waals surface area (Å²) in [6.07, 6.45) is 0. The molecule has 0 aliphatic heterocycles. The van der Waals surface area contributed by atoms with Gasteiger partial charge < -0.3 is 9.47 Å². The van der Waals surface area contributed by atoms with Crippen LogP contribution in [0.25, 0.3) is 0 Å². The van der Waals surface area contributed by atoms with Crippen molar-refractivity contribution in [2.75, 3.05) is 6.61 Å². The van der Waals surface area contributed by atoms with Gasteiger partial charge in [-0.25, -0.2) is 4.79 Å². The largest absolute Gasteiger partial charge is 0.454 e. The van der Waals surface area contributed by atoms with Crippen molar-refractivity contribution in [3.63, 3.8) is 0 Å². The zero-order valence-corrected chi connectivity index (χ0v) is 9.71. The molecule has 0 saturated heterocycles. The second-order valence-electron chi connectivity index (χ2n) is 3.16. The number of aryl methyl sites for hydroxylation is 1. The van der Waals surface area contributed by atoms with Crippen molar-refractivity contribution < 1.29 is 19.1 Å². The fourth-order valence-electron chi connectivity index (χ4n) is 1.04. The van der Waals surface area contributed by atoms with Crippen molar-refractivity contribution in [2.45, 2.75) is 13.8 Å². The maximum absolute atomic E-state index is 11.2. The monoisotopic (exact) mass is 242 g/mol. The zero-order valence-electron chi connectivity index (χ0n) is 8.95. The summed E-state index contributed by atoms with van der Waals surface area (Å²) in [4.78, 5) is 21.7. The number of rotatable bonds is 3. The first-order valence-electron chi connectivity index (χ1n) is 4.59. The lowest BCUT2D eigenvalue weighted by molar-refractivity contribution is -0.152. The first-order chi connectivity index (χ1) is 7.49. The standard InChI is InChI=1S/C11H11ClO4/c1-7-5-9(12)3-4-10(7)16-11(14)6-15-8(2)13/h3-5H,6H2,1-2H3. The lowest BCUT2D eigenvalue weighted by Crippen LogP contribution is -2.17. The van der Waals surface area contributed by atoms with Crippen LogP contribution in [0.2, 0.25) is 5.02 Å². The van der Waals surface area contributed by atoms with Crippen LogP contribution >= 0.6 is 11.6 Å². The van der Waals surface area contributed by atoms with E-state index in [9.17, 15) is 9.59 Å². The third-order valence-corrected chi connectivity index (χ3v) is 1.99. The van der Waals surface area contributed by atoms with Gasteiger partial charge in [0, 0.05) is 11.9 Å². The quantitative estimate of drug-likeness (QED) is 0.602. The molecule has 0 aliphatic rings. The fraction of sp³-hybridized carbons (Fsp3) is 0.273. The van der Waals surface area contributed by atoms with Crippen LogP contribution in [0.5, 0.6) is 5.75 Å². The number of benzene rings is 1. The molecule has 0 unspecified atom stereocenters. The Hall–Kier alpha value is -1.55. The molecule has 4 nitrogen and oxygen atoms in total. The van der Waals surface area contributed by atoms with Crippen molar-refractivity contribution in [1.82, 2.24) is 0 Å². The first-order valence-corrected chi connectivity index (χ1v) is 4.97. The van der Waals surface area contributed by atoms with Crippen molar-refractivity contribution in [3.05, 3.63) is 28.8 Å². The average Bonchev–Trinajstić information content (AvgIpc) is 2.19. The van der Waals surface area contributed by atoms with Crippen molar-refractivity contribution in [2.24, 2.45) is 0 Å². The molecule has 0 aromatic heterocycles. The van der Waals surface area contributed by atoms with E-state index in [1.54, 1.807) is 25.1 Å².